The van der Waals surface area contributed by atoms with Crippen LogP contribution < -0.4 is 32.3 Å². The summed E-state index contributed by atoms with van der Waals surface area (Å²) in [6.07, 6.45) is -1.06. The number of nitrogens with one attached hydrogen (secondary N) is 5. The normalized spacial score (nSPS) is 18.0. The van der Waals surface area contributed by atoms with E-state index in [0.717, 1.165) is 4.90 Å². The minimum Gasteiger partial charge on any atom is -0.481 e. The maximum Gasteiger partial charge on any atom is 0.475 e. The van der Waals surface area contributed by atoms with Crippen LogP contribution in [-0.2, 0) is 44.9 Å². The van der Waals surface area contributed by atoms with Gasteiger partial charge in [0.05, 0.1) is 44.6 Å². The molecule has 3 unspecified atom stereocenters. The number of likely N-dealkylation sites (tertiary alicyclic amines) is 1. The fourth-order valence-electron chi connectivity index (χ4n) is 7.51. The second-order valence-electron chi connectivity index (χ2n) is 17.1. The van der Waals surface area contributed by atoms with Crippen LogP contribution in [0.5, 0.6) is 0 Å². The Morgan fingerprint density at radius 3 is 1.89 bits per heavy atom. The lowest BCUT2D eigenvalue weighted by atomic mass is 9.77. The van der Waals surface area contributed by atoms with Crippen molar-refractivity contribution in [3.63, 3.8) is 0 Å². The highest BCUT2D eigenvalue weighted by Gasteiger charge is 2.41. The van der Waals surface area contributed by atoms with Crippen molar-refractivity contribution < 1.29 is 73.6 Å². The van der Waals surface area contributed by atoms with Gasteiger partial charge in [-0.3, -0.25) is 57.9 Å². The van der Waals surface area contributed by atoms with E-state index < -0.39 is 104 Å². The molecule has 0 bridgehead atoms. The van der Waals surface area contributed by atoms with E-state index in [2.05, 4.69) is 31.6 Å². The molecule has 3 rings (SSSR count). The van der Waals surface area contributed by atoms with E-state index in [0.29, 0.717) is 64.2 Å². The number of rotatable bonds is 26. The molecule has 13 N–H and O–H groups in total. The lowest BCUT2D eigenvalue weighted by Crippen LogP contribution is -2.52. The molecule has 6 amide bonds. The van der Waals surface area contributed by atoms with Gasteiger partial charge in [-0.1, -0.05) is 12.1 Å². The number of nitrogens with zero attached hydrogens (tertiary/aromatic N) is 6. The number of aliphatic hydroxyl groups is 1. The van der Waals surface area contributed by atoms with Crippen LogP contribution in [0.2, 0.25) is 0 Å². The second kappa shape index (κ2) is 29.5. The number of carboxylic acid groups (broad SMARTS) is 3. The first-order chi connectivity index (χ1) is 33.1. The van der Waals surface area contributed by atoms with Gasteiger partial charge in [-0.25, -0.2) is 0 Å². The van der Waals surface area contributed by atoms with Gasteiger partial charge < -0.3 is 77.5 Å². The third-order valence-electron chi connectivity index (χ3n) is 11.4. The van der Waals surface area contributed by atoms with Crippen LogP contribution in [0.15, 0.2) is 29.3 Å². The van der Waals surface area contributed by atoms with E-state index in [1.807, 2.05) is 4.90 Å². The predicted octanol–water partition coefficient (Wildman–Crippen LogP) is -5.91. The van der Waals surface area contributed by atoms with Crippen molar-refractivity contribution in [2.75, 3.05) is 99.2 Å². The summed E-state index contributed by atoms with van der Waals surface area (Å²) < 4.78 is 0. The van der Waals surface area contributed by atoms with E-state index in [-0.39, 0.29) is 63.5 Å². The Balaban J connectivity index is 1.55. The minimum absolute atomic E-state index is 0.0100. The number of hydrogen-bond acceptors (Lipinski definition) is 16. The molecular weight excluding hydrogens is 923 g/mol. The fraction of sp³-hybridized carbons (Fsp3) is 0.619. The van der Waals surface area contributed by atoms with Crippen LogP contribution in [0.1, 0.15) is 54.4 Å². The molecule has 0 aliphatic carbocycles. The number of benzene rings is 1. The molecule has 0 spiro atoms. The van der Waals surface area contributed by atoms with Crippen molar-refractivity contribution in [3.05, 3.63) is 35.4 Å². The number of aliphatic imine (C=N–C) groups is 1. The Bertz CT molecular complexity index is 1970. The van der Waals surface area contributed by atoms with Crippen molar-refractivity contribution in [2.45, 2.75) is 69.2 Å². The first-order valence-electron chi connectivity index (χ1n) is 22.8. The molecule has 2 heterocycles. The summed E-state index contributed by atoms with van der Waals surface area (Å²) in [6.45, 7) is 1.31. The molecule has 28 heteroatoms. The molecule has 0 radical (unpaired) electrons. The van der Waals surface area contributed by atoms with Gasteiger partial charge in [0.1, 0.15) is 12.1 Å². The maximum atomic E-state index is 13.4. The van der Waals surface area contributed by atoms with Crippen LogP contribution in [0.25, 0.3) is 0 Å². The summed E-state index contributed by atoms with van der Waals surface area (Å²) in [5, 5.41) is 69.4. The predicted molar refractivity (Wildman–Crippen MR) is 249 cm³/mol. The van der Waals surface area contributed by atoms with E-state index in [1.165, 1.54) is 24.3 Å². The number of carbonyl (C=O) groups excluding carboxylic acids is 6. The van der Waals surface area contributed by atoms with Crippen molar-refractivity contribution >= 4 is 66.4 Å². The molecule has 2 fully saturated rings. The molecule has 70 heavy (non-hydrogen) atoms. The van der Waals surface area contributed by atoms with Gasteiger partial charge in [0.15, 0.2) is 5.96 Å². The summed E-state index contributed by atoms with van der Waals surface area (Å²) in [7, 11) is 1.53. The number of guanidine groups is 1. The van der Waals surface area contributed by atoms with Gasteiger partial charge in [-0.15, -0.1) is 0 Å². The van der Waals surface area contributed by atoms with Gasteiger partial charge >= 0.3 is 25.0 Å². The van der Waals surface area contributed by atoms with E-state index in [4.69, 9.17) is 5.73 Å². The number of aliphatic hydroxyl groups excluding tert-OH is 1. The molecule has 388 valence electrons. The van der Waals surface area contributed by atoms with Gasteiger partial charge in [-0.05, 0) is 49.9 Å². The molecule has 4 atom stereocenters. The number of aliphatic carboxylic acids is 3. The number of amides is 6. The van der Waals surface area contributed by atoms with Crippen molar-refractivity contribution in [1.82, 2.24) is 51.1 Å². The zero-order valence-electron chi connectivity index (χ0n) is 39.5. The molecule has 1 aromatic carbocycles. The minimum atomic E-state index is -1.87. The first-order valence-corrected chi connectivity index (χ1v) is 22.8. The molecule has 0 aromatic heterocycles. The van der Waals surface area contributed by atoms with Crippen LogP contribution in [0, 0.1) is 0 Å². The smallest absolute Gasteiger partial charge is 0.475 e. The van der Waals surface area contributed by atoms with Gasteiger partial charge in [0.25, 0.3) is 5.91 Å². The summed E-state index contributed by atoms with van der Waals surface area (Å²) in [5.41, 5.74) is 6.49. The van der Waals surface area contributed by atoms with E-state index in [1.54, 1.807) is 28.8 Å². The van der Waals surface area contributed by atoms with E-state index >= 15 is 0 Å². The summed E-state index contributed by atoms with van der Waals surface area (Å²) in [5.74, 6) is -8.47. The fourth-order valence-corrected chi connectivity index (χ4v) is 7.51. The number of hydrogen-bond donors (Lipinski definition) is 12. The SMILES string of the molecule is CN(C)C(N)=NCCCC(NC(=O)CCCN1CCN(CC(=O)O)CCN(CC(=O)O)CC1)C(=O)NCC(=O)N[C@@H](CC(=O)O)C(=O)NCc1ccc(C(=O)NCC(=O)N2CC(O)CC2B(O)O)cc1. The molecule has 2 saturated heterocycles. The Kier molecular flexibility index (Phi) is 24.4. The second-order valence-corrected chi connectivity index (χ2v) is 17.1. The third-order valence-corrected chi connectivity index (χ3v) is 11.4. The van der Waals surface area contributed by atoms with Crippen molar-refractivity contribution in [2.24, 2.45) is 10.7 Å². The molecule has 2 aliphatic rings. The van der Waals surface area contributed by atoms with Crippen molar-refractivity contribution in [1.29, 1.82) is 0 Å². The highest BCUT2D eigenvalue weighted by Crippen LogP contribution is 2.19. The topological polar surface area (TPSA) is 390 Å². The number of carboxylic acids is 3. The highest BCUT2D eigenvalue weighted by molar-refractivity contribution is 6.43. The van der Waals surface area contributed by atoms with E-state index in [9.17, 15) is 73.6 Å². The Hall–Kier alpha value is -6.46. The Morgan fingerprint density at radius 1 is 0.757 bits per heavy atom. The van der Waals surface area contributed by atoms with Crippen LogP contribution >= 0.6 is 0 Å². The third kappa shape index (κ3) is 21.5. The summed E-state index contributed by atoms with van der Waals surface area (Å²) >= 11 is 0. The van der Waals surface area contributed by atoms with Gasteiger partial charge in [0.2, 0.25) is 29.5 Å². The van der Waals surface area contributed by atoms with Crippen LogP contribution in [0.4, 0.5) is 0 Å². The molecule has 0 saturated carbocycles. The molecule has 2 aliphatic heterocycles. The highest BCUT2D eigenvalue weighted by atomic mass is 16.4. The lowest BCUT2D eigenvalue weighted by molar-refractivity contribution is -0.141. The zero-order valence-corrected chi connectivity index (χ0v) is 39.5. The zero-order chi connectivity index (χ0) is 51.9. The average molecular weight is 991 g/mol. The molecular formula is C42H67BN12O15. The number of carbonyl (C=O) groups is 9. The Morgan fingerprint density at radius 2 is 1.33 bits per heavy atom. The van der Waals surface area contributed by atoms with Crippen LogP contribution in [-0.4, -0.2) is 245 Å². The standard InChI is InChI=1S/C42H67BN12O15/c1-51(2)42(44)45-11-3-5-30(49-33(57)6-4-12-52-13-15-53(25-37(62)63)17-18-54(16-14-52)26-38(64)65)40(67)47-22-34(58)50-31(20-36(60)61)41(68)46-21-27-7-9-28(10-8-27)39(66)48-23-35(59)55-24-29(56)19-32(55)43(69)70/h7-10,29-32,56,69-70H,3-6,11-26H2,1-2H3,(H2,44,45)(H,46,68)(H,47,67)(H,48,66)(H,49,57)(H,50,58)(H,60,61)(H,62,63)(H,64,65)/t29?,30?,31-,32?/m0/s1. The number of nitrogens with two attached hydrogens (primary N) is 1. The summed E-state index contributed by atoms with van der Waals surface area (Å²) in [4.78, 5) is 125. The number of β-amino-alcohol motifs (C(OH)–C–C–N with tert-alkyl or cyclic N) is 1. The van der Waals surface area contributed by atoms with Crippen molar-refractivity contribution in [3.8, 4) is 0 Å². The maximum absolute atomic E-state index is 13.4. The average Bonchev–Trinajstić information content (AvgIpc) is 3.73. The van der Waals surface area contributed by atoms with Gasteiger partial charge in [-0.2, -0.15) is 0 Å². The Labute approximate surface area is 404 Å². The van der Waals surface area contributed by atoms with Crippen LogP contribution in [0.3, 0.4) is 0 Å². The molecule has 27 nitrogen and oxygen atoms in total. The first kappa shape index (κ1) is 57.9. The molecule has 1 aromatic rings. The lowest BCUT2D eigenvalue weighted by Gasteiger charge is -2.25. The van der Waals surface area contributed by atoms with Gasteiger partial charge in [0, 0.05) is 85.0 Å². The monoisotopic (exact) mass is 990 g/mol. The largest absolute Gasteiger partial charge is 0.481 e. The summed E-state index contributed by atoms with van der Waals surface area (Å²) in [6, 6.07) is 3.08. The quantitative estimate of drug-likeness (QED) is 0.0178.